The van der Waals surface area contributed by atoms with E-state index in [9.17, 15) is 14.4 Å². The zero-order valence-electron chi connectivity index (χ0n) is 19.4. The summed E-state index contributed by atoms with van der Waals surface area (Å²) in [6.45, 7) is 8.00. The lowest BCUT2D eigenvalue weighted by Crippen LogP contribution is -2.57. The predicted molar refractivity (Wildman–Crippen MR) is 121 cm³/mol. The molecule has 0 bridgehead atoms. The van der Waals surface area contributed by atoms with Crippen LogP contribution in [0.5, 0.6) is 5.75 Å². The summed E-state index contributed by atoms with van der Waals surface area (Å²) in [6.07, 6.45) is 4.18. The van der Waals surface area contributed by atoms with Gasteiger partial charge in [-0.05, 0) is 43.2 Å². The van der Waals surface area contributed by atoms with E-state index >= 15 is 0 Å². The average molecular weight is 449 g/mol. The number of hydrogen-bond donors (Lipinski definition) is 4. The van der Waals surface area contributed by atoms with Gasteiger partial charge in [0, 0.05) is 6.54 Å². The van der Waals surface area contributed by atoms with Crippen LogP contribution in [0, 0.1) is 11.3 Å². The number of nitrogens with one attached hydrogen (secondary N) is 3. The highest BCUT2D eigenvalue weighted by molar-refractivity contribution is 5.96. The molecule has 0 aliphatic heterocycles. The fraction of sp³-hybridized carbons (Fsp3) is 0.609. The van der Waals surface area contributed by atoms with Crippen LogP contribution < -0.4 is 20.9 Å². The number of hydrogen-bond acceptors (Lipinski definition) is 5. The van der Waals surface area contributed by atoms with Gasteiger partial charge in [-0.15, -0.1) is 0 Å². The van der Waals surface area contributed by atoms with Crippen LogP contribution in [0.3, 0.4) is 0 Å². The summed E-state index contributed by atoms with van der Waals surface area (Å²) in [5, 5.41) is 14.5. The van der Waals surface area contributed by atoms with Crippen molar-refractivity contribution in [2.75, 3.05) is 25.0 Å². The molecule has 178 valence electrons. The van der Waals surface area contributed by atoms with E-state index in [0.717, 1.165) is 25.7 Å². The Hall–Kier alpha value is -2.81. The summed E-state index contributed by atoms with van der Waals surface area (Å²) >= 11 is 0. The largest absolute Gasteiger partial charge is 0.492 e. The van der Waals surface area contributed by atoms with Crippen molar-refractivity contribution < 1.29 is 24.3 Å². The van der Waals surface area contributed by atoms with Crippen LogP contribution in [-0.2, 0) is 9.59 Å². The molecule has 0 aromatic heterocycles. The lowest BCUT2D eigenvalue weighted by molar-refractivity contribution is -0.142. The molecule has 4 amide bonds. The summed E-state index contributed by atoms with van der Waals surface area (Å²) in [4.78, 5) is 39.6. The van der Waals surface area contributed by atoms with Gasteiger partial charge in [-0.25, -0.2) is 10.3 Å². The second-order valence-electron chi connectivity index (χ2n) is 9.23. The highest BCUT2D eigenvalue weighted by atomic mass is 16.5. The first kappa shape index (κ1) is 25.5. The molecule has 0 saturated heterocycles. The number of anilines is 1. The molecule has 9 nitrogen and oxygen atoms in total. The molecule has 0 spiro atoms. The standard InChI is InChI=1S/C23H36N4O5/c1-5-32-18-13-9-8-12-17(18)24-22(30)25-20(23(2,3)4)21(29)27(15-19(28)26-31)14-16-10-6-7-11-16/h8-9,12-13,16,20,31H,5-7,10-11,14-15H2,1-4H3,(H,26,28)(H2,24,25,30). The number of nitrogens with zero attached hydrogens (tertiary/aromatic N) is 1. The SMILES string of the molecule is CCOc1ccccc1NC(=O)NC(C(=O)N(CC(=O)NO)CC1CCCC1)C(C)(C)C. The third kappa shape index (κ3) is 7.40. The van der Waals surface area contributed by atoms with Gasteiger partial charge in [-0.2, -0.15) is 0 Å². The molecule has 1 unspecified atom stereocenters. The minimum atomic E-state index is -0.880. The van der Waals surface area contributed by atoms with Crippen molar-refractivity contribution in [2.45, 2.75) is 59.4 Å². The van der Waals surface area contributed by atoms with Crippen molar-refractivity contribution in [1.29, 1.82) is 0 Å². The van der Waals surface area contributed by atoms with E-state index in [1.165, 1.54) is 4.90 Å². The molecule has 1 fully saturated rings. The van der Waals surface area contributed by atoms with Crippen LogP contribution in [0.1, 0.15) is 53.4 Å². The molecule has 1 saturated carbocycles. The molecule has 4 N–H and O–H groups in total. The third-order valence-electron chi connectivity index (χ3n) is 5.55. The number of rotatable bonds is 9. The first-order valence-electron chi connectivity index (χ1n) is 11.2. The Kier molecular flexibility index (Phi) is 9.31. The number of carbonyl (C=O) groups excluding carboxylic acids is 3. The minimum Gasteiger partial charge on any atom is -0.492 e. The lowest BCUT2D eigenvalue weighted by Gasteiger charge is -2.35. The van der Waals surface area contributed by atoms with Gasteiger partial charge in [0.25, 0.3) is 5.91 Å². The van der Waals surface area contributed by atoms with Gasteiger partial charge in [0.2, 0.25) is 5.91 Å². The van der Waals surface area contributed by atoms with Crippen molar-refractivity contribution in [2.24, 2.45) is 11.3 Å². The van der Waals surface area contributed by atoms with Crippen molar-refractivity contribution in [3.8, 4) is 5.75 Å². The zero-order valence-corrected chi connectivity index (χ0v) is 19.4. The molecule has 1 aliphatic carbocycles. The normalized spacial score (nSPS) is 15.0. The first-order valence-corrected chi connectivity index (χ1v) is 11.2. The maximum absolute atomic E-state index is 13.5. The Morgan fingerprint density at radius 1 is 1.19 bits per heavy atom. The maximum atomic E-state index is 13.5. The number of benzene rings is 1. The highest BCUT2D eigenvalue weighted by Crippen LogP contribution is 2.28. The number of hydroxylamine groups is 1. The fourth-order valence-electron chi connectivity index (χ4n) is 3.92. The average Bonchev–Trinajstić information content (AvgIpc) is 3.25. The Balaban J connectivity index is 2.18. The number of carbonyl (C=O) groups is 3. The Labute approximate surface area is 189 Å². The van der Waals surface area contributed by atoms with Gasteiger partial charge in [-0.1, -0.05) is 45.7 Å². The third-order valence-corrected chi connectivity index (χ3v) is 5.55. The number of ether oxygens (including phenoxy) is 1. The molecule has 1 atom stereocenters. The van der Waals surface area contributed by atoms with Crippen molar-refractivity contribution in [3.63, 3.8) is 0 Å². The van der Waals surface area contributed by atoms with E-state index in [1.54, 1.807) is 23.7 Å². The van der Waals surface area contributed by atoms with Gasteiger partial charge in [0.15, 0.2) is 0 Å². The van der Waals surface area contributed by atoms with E-state index in [4.69, 9.17) is 9.94 Å². The van der Waals surface area contributed by atoms with E-state index in [2.05, 4.69) is 10.6 Å². The van der Waals surface area contributed by atoms with Gasteiger partial charge in [0.1, 0.15) is 18.3 Å². The molecule has 0 radical (unpaired) electrons. The number of amides is 4. The summed E-state index contributed by atoms with van der Waals surface area (Å²) in [7, 11) is 0. The number of urea groups is 1. The summed E-state index contributed by atoms with van der Waals surface area (Å²) in [6, 6.07) is 5.63. The number of para-hydroxylation sites is 2. The second kappa shape index (κ2) is 11.7. The van der Waals surface area contributed by atoms with Crippen LogP contribution in [0.2, 0.25) is 0 Å². The van der Waals surface area contributed by atoms with Crippen molar-refractivity contribution >= 4 is 23.5 Å². The monoisotopic (exact) mass is 448 g/mol. The molecule has 0 heterocycles. The van der Waals surface area contributed by atoms with Crippen LogP contribution in [0.15, 0.2) is 24.3 Å². The summed E-state index contributed by atoms with van der Waals surface area (Å²) < 4.78 is 5.54. The van der Waals surface area contributed by atoms with E-state index in [0.29, 0.717) is 30.5 Å². The molecule has 1 aromatic carbocycles. The van der Waals surface area contributed by atoms with E-state index in [1.807, 2.05) is 33.8 Å². The zero-order chi connectivity index (χ0) is 23.7. The van der Waals surface area contributed by atoms with Crippen LogP contribution in [-0.4, -0.2) is 53.7 Å². The molecule has 2 rings (SSSR count). The maximum Gasteiger partial charge on any atom is 0.320 e. The van der Waals surface area contributed by atoms with E-state index in [-0.39, 0.29) is 12.5 Å². The Morgan fingerprint density at radius 2 is 1.84 bits per heavy atom. The first-order chi connectivity index (χ1) is 15.2. The van der Waals surface area contributed by atoms with Gasteiger partial charge >= 0.3 is 6.03 Å². The molecule has 1 aliphatic rings. The van der Waals surface area contributed by atoms with Crippen LogP contribution in [0.4, 0.5) is 10.5 Å². The predicted octanol–water partition coefficient (Wildman–Crippen LogP) is 3.15. The quantitative estimate of drug-likeness (QED) is 0.342. The fourth-order valence-corrected chi connectivity index (χ4v) is 3.92. The molecule has 1 aromatic rings. The smallest absolute Gasteiger partial charge is 0.320 e. The van der Waals surface area contributed by atoms with Crippen LogP contribution in [0.25, 0.3) is 0 Å². The second-order valence-corrected chi connectivity index (χ2v) is 9.23. The van der Waals surface area contributed by atoms with Gasteiger partial charge in [0.05, 0.1) is 12.3 Å². The minimum absolute atomic E-state index is 0.269. The van der Waals surface area contributed by atoms with Gasteiger partial charge < -0.3 is 20.3 Å². The Bertz CT molecular complexity index is 787. The van der Waals surface area contributed by atoms with E-state index < -0.39 is 23.4 Å². The summed E-state index contributed by atoms with van der Waals surface area (Å²) in [5.74, 6) is -0.190. The highest BCUT2D eigenvalue weighted by Gasteiger charge is 2.37. The molecule has 32 heavy (non-hydrogen) atoms. The van der Waals surface area contributed by atoms with Crippen molar-refractivity contribution in [1.82, 2.24) is 15.7 Å². The summed E-state index contributed by atoms with van der Waals surface area (Å²) in [5.41, 5.74) is 1.48. The molecule has 9 heteroatoms. The van der Waals surface area contributed by atoms with Crippen LogP contribution >= 0.6 is 0 Å². The van der Waals surface area contributed by atoms with Gasteiger partial charge in [-0.3, -0.25) is 14.8 Å². The molecular formula is C23H36N4O5. The Morgan fingerprint density at radius 3 is 2.44 bits per heavy atom. The lowest BCUT2D eigenvalue weighted by atomic mass is 9.85. The topological polar surface area (TPSA) is 120 Å². The molecular weight excluding hydrogens is 412 g/mol. The van der Waals surface area contributed by atoms with Crippen molar-refractivity contribution in [3.05, 3.63) is 24.3 Å².